The lowest BCUT2D eigenvalue weighted by Crippen LogP contribution is -2.71. The number of rotatable bonds is 11. The van der Waals surface area contributed by atoms with Gasteiger partial charge in [-0.25, -0.2) is 19.1 Å². The summed E-state index contributed by atoms with van der Waals surface area (Å²) in [5.74, 6) is -2.59. The van der Waals surface area contributed by atoms with E-state index in [1.54, 1.807) is 26.3 Å². The van der Waals surface area contributed by atoms with Crippen LogP contribution in [0.4, 0.5) is 10.3 Å². The Labute approximate surface area is 247 Å². The number of amides is 2. The van der Waals surface area contributed by atoms with E-state index in [-0.39, 0.29) is 42.0 Å². The molecule has 2 aromatic rings. The number of nitrogens with two attached hydrogens (primary N) is 1. The van der Waals surface area contributed by atoms with Crippen LogP contribution in [-0.2, 0) is 31.0 Å². The van der Waals surface area contributed by atoms with Crippen molar-refractivity contribution in [1.82, 2.24) is 15.2 Å². The average molecular weight is 625 g/mol. The smallest absolute Gasteiger partial charge is 0.352 e. The Balaban J connectivity index is 1.53. The van der Waals surface area contributed by atoms with E-state index >= 15 is 0 Å². The van der Waals surface area contributed by atoms with Crippen LogP contribution < -0.4 is 20.5 Å². The van der Waals surface area contributed by atoms with Crippen LogP contribution in [0.2, 0.25) is 0 Å². The number of hydrogen-bond donors (Lipinski definition) is 3. The van der Waals surface area contributed by atoms with Crippen molar-refractivity contribution in [3.8, 4) is 0 Å². The van der Waals surface area contributed by atoms with Crippen LogP contribution >= 0.6 is 34.4 Å². The van der Waals surface area contributed by atoms with Crippen LogP contribution in [0.3, 0.4) is 0 Å². The minimum absolute atomic E-state index is 0.117. The maximum Gasteiger partial charge on any atom is 0.352 e. The normalized spacial score (nSPS) is 18.5. The largest absolute Gasteiger partial charge is 0.477 e. The molecule has 2 atom stereocenters. The molecule has 4 N–H and O–H groups in total. The third kappa shape index (κ3) is 5.87. The highest BCUT2D eigenvalue weighted by Crippen LogP contribution is 2.41. The second kappa shape index (κ2) is 12.4. The summed E-state index contributed by atoms with van der Waals surface area (Å²) in [5.41, 5.74) is 6.90. The zero-order valence-electron chi connectivity index (χ0n) is 23.0. The van der Waals surface area contributed by atoms with Gasteiger partial charge in [0, 0.05) is 16.7 Å². The fourth-order valence-corrected chi connectivity index (χ4v) is 7.33. The van der Waals surface area contributed by atoms with E-state index in [2.05, 4.69) is 15.5 Å². The van der Waals surface area contributed by atoms with E-state index in [0.29, 0.717) is 16.2 Å². The lowest BCUT2D eigenvalue weighted by atomic mass is 10.0. The van der Waals surface area contributed by atoms with Gasteiger partial charge in [-0.05, 0) is 32.1 Å². The number of carbonyl (C=O) groups is 4. The number of hydrogen-bond acceptors (Lipinski definition) is 13. The molecule has 0 unspecified atom stereocenters. The first-order chi connectivity index (χ1) is 19.5. The van der Waals surface area contributed by atoms with Gasteiger partial charge in [-0.3, -0.25) is 19.4 Å². The van der Waals surface area contributed by atoms with Crippen molar-refractivity contribution >= 4 is 74.2 Å². The van der Waals surface area contributed by atoms with Gasteiger partial charge in [-0.15, -0.1) is 23.1 Å². The number of carboxylic acids is 1. The number of carbonyl (C=O) groups excluding carboxylic acids is 3. The number of anilines is 2. The molecule has 220 valence electrons. The highest BCUT2D eigenvalue weighted by atomic mass is 32.2. The van der Waals surface area contributed by atoms with Crippen LogP contribution in [0.1, 0.15) is 34.9 Å². The fourth-order valence-electron chi connectivity index (χ4n) is 4.35. The number of aromatic nitrogens is 2. The minimum atomic E-state index is -1.24. The molecule has 41 heavy (non-hydrogen) atoms. The van der Waals surface area contributed by atoms with Crippen LogP contribution in [-0.4, -0.2) is 88.4 Å². The van der Waals surface area contributed by atoms with Gasteiger partial charge < -0.3 is 25.7 Å². The van der Waals surface area contributed by atoms with E-state index in [1.165, 1.54) is 28.0 Å². The van der Waals surface area contributed by atoms with Gasteiger partial charge >= 0.3 is 17.1 Å². The molecule has 0 radical (unpaired) electrons. The Morgan fingerprint density at radius 3 is 2.68 bits per heavy atom. The third-order valence-electron chi connectivity index (χ3n) is 6.33. The number of fused-ring (bicyclic) bond motifs is 1. The number of esters is 1. The number of ether oxygens (including phenoxy) is 1. The summed E-state index contributed by atoms with van der Waals surface area (Å²) >= 11 is 3.72. The molecule has 2 aromatic heterocycles. The van der Waals surface area contributed by atoms with E-state index in [9.17, 15) is 24.3 Å². The number of β-lactam (4-membered cyclic amide) rings is 1. The van der Waals surface area contributed by atoms with E-state index in [0.717, 1.165) is 22.2 Å². The Kier molecular flexibility index (Phi) is 9.18. The highest BCUT2D eigenvalue weighted by Gasteiger charge is 2.54. The minimum Gasteiger partial charge on any atom is -0.477 e. The Hall–Kier alpha value is -3.70. The van der Waals surface area contributed by atoms with E-state index in [1.807, 2.05) is 23.4 Å². The Morgan fingerprint density at radius 2 is 2.07 bits per heavy atom. The molecule has 14 nitrogen and oxygen atoms in total. The number of thiazole rings is 2. The molecule has 0 aliphatic carbocycles. The molecule has 0 aromatic carbocycles. The van der Waals surface area contributed by atoms with Crippen molar-refractivity contribution in [2.24, 2.45) is 12.2 Å². The standard InChI is InChI=1S/C24H29N7O7S3/c1-6-37-22(36)17-11(3)30(5)24(41-17)29(4)8-12-9-39-20-15(19(33)31(20)16(12)21(34)35)27-18(32)14(28-38-7-2)13-10-40-23(25)26-13/h10,15,20H,6-9H2,1-5H3,(H3-,25,26,27,32,34,35)/p+1/b28-14+/t15-,20-/m1/s1. The first-order valence-corrected chi connectivity index (χ1v) is 15.2. The van der Waals surface area contributed by atoms with Crippen molar-refractivity contribution in [3.05, 3.63) is 32.9 Å². The number of nitrogens with one attached hydrogen (secondary N) is 1. The number of nitrogen functional groups attached to an aromatic ring is 1. The quantitative estimate of drug-likeness (QED) is 0.105. The lowest BCUT2D eigenvalue weighted by Gasteiger charge is -2.49. The highest BCUT2D eigenvalue weighted by molar-refractivity contribution is 8.00. The number of thioether (sulfide) groups is 1. The van der Waals surface area contributed by atoms with Gasteiger partial charge in [0.05, 0.1) is 20.7 Å². The second-order valence-electron chi connectivity index (χ2n) is 8.98. The van der Waals surface area contributed by atoms with Crippen LogP contribution in [0.15, 0.2) is 21.8 Å². The molecule has 0 spiro atoms. The Bertz CT molecular complexity index is 1450. The van der Waals surface area contributed by atoms with Gasteiger partial charge in [0.15, 0.2) is 15.7 Å². The fraction of sp³-hybridized carbons (Fsp3) is 0.458. The van der Waals surface area contributed by atoms with E-state index in [4.69, 9.17) is 15.3 Å². The molecule has 0 saturated carbocycles. The van der Waals surface area contributed by atoms with Gasteiger partial charge in [0.1, 0.15) is 41.7 Å². The first kappa shape index (κ1) is 30.3. The molecular weight excluding hydrogens is 595 g/mol. The predicted molar refractivity (Wildman–Crippen MR) is 154 cm³/mol. The maximum atomic E-state index is 13.2. The van der Waals surface area contributed by atoms with Gasteiger partial charge in [0.2, 0.25) is 0 Å². The lowest BCUT2D eigenvalue weighted by molar-refractivity contribution is -0.660. The molecule has 17 heteroatoms. The summed E-state index contributed by atoms with van der Waals surface area (Å²) in [6.07, 6.45) is 0. The number of oxime groups is 1. The SMILES string of the molecule is CCO/N=C(/C(=O)N[C@@H]1C(=O)N2C(C(=O)O)=C(CN(C)c3sc(C(=O)OCC)c(C)[n+]3C)CS[C@H]12)c1csc(N)n1. The number of nitrogens with zero attached hydrogens (tertiary/aromatic N) is 5. The third-order valence-corrected chi connectivity index (χ3v) is 9.78. The summed E-state index contributed by atoms with van der Waals surface area (Å²) in [5, 5.41) is 18.5. The van der Waals surface area contributed by atoms with Gasteiger partial charge in [-0.2, -0.15) is 0 Å². The van der Waals surface area contributed by atoms with Crippen molar-refractivity contribution < 1.29 is 38.4 Å². The van der Waals surface area contributed by atoms with Crippen LogP contribution in [0.25, 0.3) is 0 Å². The van der Waals surface area contributed by atoms with Crippen molar-refractivity contribution in [2.45, 2.75) is 32.2 Å². The summed E-state index contributed by atoms with van der Waals surface area (Å²) in [7, 11) is 3.60. The summed E-state index contributed by atoms with van der Waals surface area (Å²) in [6.45, 7) is 5.91. The summed E-state index contributed by atoms with van der Waals surface area (Å²) in [4.78, 5) is 63.6. The summed E-state index contributed by atoms with van der Waals surface area (Å²) < 4.78 is 6.99. The molecule has 2 aliphatic rings. The summed E-state index contributed by atoms with van der Waals surface area (Å²) in [6, 6.07) is -0.964. The van der Waals surface area contributed by atoms with Gasteiger partial charge in [-0.1, -0.05) is 5.16 Å². The van der Waals surface area contributed by atoms with E-state index < -0.39 is 35.2 Å². The molecule has 2 amide bonds. The Morgan fingerprint density at radius 1 is 1.34 bits per heavy atom. The zero-order chi connectivity index (χ0) is 30.0. The average Bonchev–Trinajstić information content (AvgIpc) is 3.49. The van der Waals surface area contributed by atoms with Crippen LogP contribution in [0.5, 0.6) is 0 Å². The molecule has 1 fully saturated rings. The monoisotopic (exact) mass is 624 g/mol. The van der Waals surface area contributed by atoms with Crippen molar-refractivity contribution in [2.75, 3.05) is 43.2 Å². The zero-order valence-corrected chi connectivity index (χ0v) is 25.4. The van der Waals surface area contributed by atoms with Crippen LogP contribution in [0, 0.1) is 6.92 Å². The van der Waals surface area contributed by atoms with Crippen molar-refractivity contribution in [1.29, 1.82) is 0 Å². The number of likely N-dealkylation sites (N-methyl/N-ethyl adjacent to an activating group) is 1. The maximum absolute atomic E-state index is 13.2. The second-order valence-corrected chi connectivity index (χ2v) is 12.0. The predicted octanol–water partition coefficient (Wildman–Crippen LogP) is 0.712. The molecular formula is C24H30N7O7S3+. The molecule has 0 bridgehead atoms. The number of aliphatic carboxylic acids is 1. The molecule has 2 aliphatic heterocycles. The van der Waals surface area contributed by atoms with Gasteiger partial charge in [0.25, 0.3) is 11.8 Å². The van der Waals surface area contributed by atoms with Crippen molar-refractivity contribution in [3.63, 3.8) is 0 Å². The topological polar surface area (TPSA) is 181 Å². The molecule has 1 saturated heterocycles. The molecule has 4 rings (SSSR count). The molecule has 4 heterocycles. The number of carboxylic acid groups (broad SMARTS) is 1. The first-order valence-electron chi connectivity index (χ1n) is 12.5.